The van der Waals surface area contributed by atoms with Crippen LogP contribution in [0.5, 0.6) is 0 Å². The number of fused-ring (bicyclic) bond motifs is 2. The molecule has 8 nitrogen and oxygen atoms in total. The lowest BCUT2D eigenvalue weighted by Crippen LogP contribution is -2.34. The number of aryl methyl sites for hydroxylation is 2. The molecule has 2 aromatic heterocycles. The van der Waals surface area contributed by atoms with Gasteiger partial charge in [-0.05, 0) is 19.1 Å². The summed E-state index contributed by atoms with van der Waals surface area (Å²) in [6, 6.07) is 8.30. The van der Waals surface area contributed by atoms with Gasteiger partial charge in [0.15, 0.2) is 5.69 Å². The molecule has 0 bridgehead atoms. The first-order valence-electron chi connectivity index (χ1n) is 9.50. The average Bonchev–Trinajstić information content (AvgIpc) is 3.41. The summed E-state index contributed by atoms with van der Waals surface area (Å²) < 4.78 is 3.86. The molecule has 3 aromatic rings. The van der Waals surface area contributed by atoms with E-state index in [2.05, 4.69) is 44.9 Å². The van der Waals surface area contributed by atoms with E-state index >= 15 is 0 Å². The molecule has 0 aliphatic carbocycles. The van der Waals surface area contributed by atoms with E-state index in [9.17, 15) is 4.79 Å². The van der Waals surface area contributed by atoms with Crippen LogP contribution >= 0.6 is 0 Å². The van der Waals surface area contributed by atoms with Gasteiger partial charge in [-0.25, -0.2) is 4.98 Å². The highest BCUT2D eigenvalue weighted by Crippen LogP contribution is 2.35. The molecule has 2 saturated heterocycles. The van der Waals surface area contributed by atoms with Gasteiger partial charge in [0.1, 0.15) is 0 Å². The Labute approximate surface area is 157 Å². The highest BCUT2D eigenvalue weighted by Gasteiger charge is 2.43. The lowest BCUT2D eigenvalue weighted by molar-refractivity contribution is 0.0776. The fraction of sp³-hybridized carbons (Fsp3) is 0.474. The van der Waals surface area contributed by atoms with Crippen LogP contribution < -0.4 is 4.90 Å². The highest BCUT2D eigenvalue weighted by molar-refractivity contribution is 5.92. The van der Waals surface area contributed by atoms with Gasteiger partial charge in [0.2, 0.25) is 5.95 Å². The third kappa shape index (κ3) is 2.58. The largest absolute Gasteiger partial charge is 0.342 e. The fourth-order valence-electron chi connectivity index (χ4n) is 4.55. The van der Waals surface area contributed by atoms with Crippen LogP contribution in [0, 0.1) is 11.8 Å². The number of hydrogen-bond acceptors (Lipinski definition) is 5. The van der Waals surface area contributed by atoms with Crippen molar-refractivity contribution in [3.8, 4) is 0 Å². The first-order valence-corrected chi connectivity index (χ1v) is 9.50. The van der Waals surface area contributed by atoms with Gasteiger partial charge in [0.05, 0.1) is 17.2 Å². The van der Waals surface area contributed by atoms with E-state index in [0.717, 1.165) is 44.2 Å². The number of nitrogens with zero attached hydrogens (tertiary/aromatic N) is 7. The summed E-state index contributed by atoms with van der Waals surface area (Å²) in [5, 5.41) is 7.83. The van der Waals surface area contributed by atoms with Crippen molar-refractivity contribution in [1.82, 2.24) is 29.4 Å². The Bertz CT molecular complexity index is 993. The zero-order chi connectivity index (χ0) is 18.5. The van der Waals surface area contributed by atoms with E-state index in [1.54, 1.807) is 17.9 Å². The van der Waals surface area contributed by atoms with Crippen molar-refractivity contribution < 1.29 is 4.79 Å². The molecule has 1 aromatic carbocycles. The molecule has 2 aliphatic heterocycles. The number of para-hydroxylation sites is 2. The van der Waals surface area contributed by atoms with Crippen LogP contribution in [-0.4, -0.2) is 61.5 Å². The van der Waals surface area contributed by atoms with Gasteiger partial charge in [0, 0.05) is 51.6 Å². The fourth-order valence-corrected chi connectivity index (χ4v) is 4.55. The number of carbonyl (C=O) groups is 1. The molecule has 2 fully saturated rings. The number of amides is 1. The van der Waals surface area contributed by atoms with E-state index < -0.39 is 0 Å². The second-order valence-electron chi connectivity index (χ2n) is 7.56. The Morgan fingerprint density at radius 1 is 1.15 bits per heavy atom. The van der Waals surface area contributed by atoms with Crippen LogP contribution in [0.2, 0.25) is 0 Å². The molecule has 2 atom stereocenters. The molecular formula is C19H23N7O. The monoisotopic (exact) mass is 365 g/mol. The molecule has 4 heterocycles. The third-order valence-corrected chi connectivity index (χ3v) is 5.83. The van der Waals surface area contributed by atoms with E-state index in [1.165, 1.54) is 5.52 Å². The minimum absolute atomic E-state index is 0.00940. The van der Waals surface area contributed by atoms with Crippen LogP contribution in [0.1, 0.15) is 17.4 Å². The second kappa shape index (κ2) is 6.07. The molecule has 0 spiro atoms. The lowest BCUT2D eigenvalue weighted by Gasteiger charge is -2.22. The van der Waals surface area contributed by atoms with E-state index in [0.29, 0.717) is 17.5 Å². The van der Waals surface area contributed by atoms with E-state index in [-0.39, 0.29) is 5.91 Å². The molecule has 2 unspecified atom stereocenters. The van der Waals surface area contributed by atoms with Gasteiger partial charge in [0.25, 0.3) is 5.91 Å². The molecule has 5 rings (SSSR count). The summed E-state index contributed by atoms with van der Waals surface area (Å²) in [6.45, 7) is 6.51. The lowest BCUT2D eigenvalue weighted by atomic mass is 10.0. The van der Waals surface area contributed by atoms with Crippen LogP contribution in [0.15, 0.2) is 30.5 Å². The maximum atomic E-state index is 12.6. The Kier molecular flexibility index (Phi) is 3.66. The molecular weight excluding hydrogens is 342 g/mol. The van der Waals surface area contributed by atoms with Crippen molar-refractivity contribution in [3.05, 3.63) is 36.2 Å². The Morgan fingerprint density at radius 2 is 1.89 bits per heavy atom. The van der Waals surface area contributed by atoms with Crippen molar-refractivity contribution in [2.45, 2.75) is 13.5 Å². The predicted molar refractivity (Wildman–Crippen MR) is 102 cm³/mol. The number of benzene rings is 1. The number of carbonyl (C=O) groups excluding carboxylic acids is 1. The number of imidazole rings is 1. The molecule has 140 valence electrons. The summed E-state index contributed by atoms with van der Waals surface area (Å²) in [4.78, 5) is 21.8. The van der Waals surface area contributed by atoms with Crippen molar-refractivity contribution >= 4 is 22.9 Å². The number of rotatable bonds is 3. The number of likely N-dealkylation sites (tertiary alicyclic amines) is 1. The zero-order valence-corrected chi connectivity index (χ0v) is 15.6. The second-order valence-corrected chi connectivity index (χ2v) is 7.56. The zero-order valence-electron chi connectivity index (χ0n) is 15.6. The topological polar surface area (TPSA) is 72.1 Å². The first kappa shape index (κ1) is 16.3. The molecule has 0 N–H and O–H groups in total. The number of hydrogen-bond donors (Lipinski definition) is 0. The van der Waals surface area contributed by atoms with Crippen LogP contribution in [0.4, 0.5) is 5.95 Å². The van der Waals surface area contributed by atoms with Gasteiger partial charge in [-0.2, -0.15) is 0 Å². The summed E-state index contributed by atoms with van der Waals surface area (Å²) in [5.74, 6) is 2.01. The summed E-state index contributed by atoms with van der Waals surface area (Å²) in [6.07, 6.45) is 1.69. The third-order valence-electron chi connectivity index (χ3n) is 5.83. The summed E-state index contributed by atoms with van der Waals surface area (Å²) in [5.41, 5.74) is 2.67. The highest BCUT2D eigenvalue weighted by atomic mass is 16.2. The molecule has 1 amide bonds. The Morgan fingerprint density at radius 3 is 2.56 bits per heavy atom. The van der Waals surface area contributed by atoms with Crippen molar-refractivity contribution in [2.75, 3.05) is 31.1 Å². The average molecular weight is 365 g/mol. The minimum Gasteiger partial charge on any atom is -0.342 e. The number of anilines is 1. The smallest absolute Gasteiger partial charge is 0.276 e. The molecule has 2 aliphatic rings. The Balaban J connectivity index is 1.34. The normalized spacial score (nSPS) is 22.0. The quantitative estimate of drug-likeness (QED) is 0.701. The predicted octanol–water partition coefficient (Wildman–Crippen LogP) is 1.39. The van der Waals surface area contributed by atoms with Gasteiger partial charge in [-0.15, -0.1) is 5.10 Å². The number of aromatic nitrogens is 5. The summed E-state index contributed by atoms with van der Waals surface area (Å²) in [7, 11) is 1.78. The molecule has 8 heteroatoms. The van der Waals surface area contributed by atoms with Crippen LogP contribution in [-0.2, 0) is 13.6 Å². The van der Waals surface area contributed by atoms with Gasteiger partial charge < -0.3 is 14.4 Å². The van der Waals surface area contributed by atoms with Gasteiger partial charge >= 0.3 is 0 Å². The van der Waals surface area contributed by atoms with Crippen molar-refractivity contribution in [2.24, 2.45) is 18.9 Å². The van der Waals surface area contributed by atoms with Gasteiger partial charge in [-0.1, -0.05) is 17.3 Å². The SMILES string of the molecule is CCn1c(N2CC3CN(C(=O)c4cn(C)nn4)CC3C2)nc2ccccc21. The maximum Gasteiger partial charge on any atom is 0.276 e. The molecule has 27 heavy (non-hydrogen) atoms. The Hall–Kier alpha value is -2.90. The van der Waals surface area contributed by atoms with Crippen molar-refractivity contribution in [3.63, 3.8) is 0 Å². The molecule has 0 saturated carbocycles. The van der Waals surface area contributed by atoms with Crippen LogP contribution in [0.3, 0.4) is 0 Å². The summed E-state index contributed by atoms with van der Waals surface area (Å²) >= 11 is 0. The standard InChI is InChI=1S/C19H23N7O/c1-3-26-17-7-5-4-6-15(17)20-19(26)25-10-13-8-24(9-14(13)11-25)18(27)16-12-23(2)22-21-16/h4-7,12-14H,3,8-11H2,1-2H3. The maximum absolute atomic E-state index is 12.6. The van der Waals surface area contributed by atoms with Gasteiger partial charge in [-0.3, -0.25) is 9.48 Å². The molecule has 0 radical (unpaired) electrons. The van der Waals surface area contributed by atoms with Crippen molar-refractivity contribution in [1.29, 1.82) is 0 Å². The van der Waals surface area contributed by atoms with E-state index in [1.807, 2.05) is 11.0 Å². The van der Waals surface area contributed by atoms with E-state index in [4.69, 9.17) is 4.98 Å². The van der Waals surface area contributed by atoms with Crippen LogP contribution in [0.25, 0.3) is 11.0 Å². The first-order chi connectivity index (χ1) is 13.1. The minimum atomic E-state index is -0.00940.